The number of rotatable bonds is 6. The molecule has 0 bridgehead atoms. The van der Waals surface area contributed by atoms with Crippen molar-refractivity contribution in [3.8, 4) is 11.5 Å². The molecule has 0 radical (unpaired) electrons. The topological polar surface area (TPSA) is 74.2 Å². The van der Waals surface area contributed by atoms with Gasteiger partial charge in [-0.25, -0.2) is 9.79 Å². The Morgan fingerprint density at radius 2 is 1.93 bits per heavy atom. The Morgan fingerprint density at radius 3 is 2.62 bits per heavy atom. The molecule has 2 aromatic carbocycles. The van der Waals surface area contributed by atoms with Crippen molar-refractivity contribution in [2.45, 2.75) is 20.3 Å². The number of hydrogen-bond acceptors (Lipinski definition) is 6. The number of benzene rings is 2. The molecule has 1 aliphatic heterocycles. The van der Waals surface area contributed by atoms with Gasteiger partial charge < -0.3 is 14.2 Å². The molecule has 3 rings (SSSR count). The Morgan fingerprint density at radius 1 is 1.14 bits per heavy atom. The van der Waals surface area contributed by atoms with Gasteiger partial charge in [-0.3, -0.25) is 4.79 Å². The van der Waals surface area contributed by atoms with E-state index in [1.165, 1.54) is 0 Å². The van der Waals surface area contributed by atoms with Gasteiger partial charge in [-0.05, 0) is 48.9 Å². The molecule has 150 valence electrons. The second-order valence-electron chi connectivity index (χ2n) is 5.93. The average molecular weight is 434 g/mol. The monoisotopic (exact) mass is 433 g/mol. The van der Waals surface area contributed by atoms with Crippen molar-refractivity contribution in [2.24, 2.45) is 4.99 Å². The van der Waals surface area contributed by atoms with E-state index in [9.17, 15) is 9.59 Å². The first-order valence-corrected chi connectivity index (χ1v) is 9.62. The number of cyclic esters (lactones) is 1. The molecule has 0 amide bonds. The fraction of sp³-hybridized carbons (Fsp3) is 0.190. The number of esters is 2. The maximum absolute atomic E-state index is 12.2. The first kappa shape index (κ1) is 20.9. The van der Waals surface area contributed by atoms with Crippen LogP contribution < -0.4 is 9.47 Å². The number of halogens is 2. The fourth-order valence-electron chi connectivity index (χ4n) is 2.51. The molecule has 0 N–H and O–H groups in total. The summed E-state index contributed by atoms with van der Waals surface area (Å²) in [7, 11) is 0. The van der Waals surface area contributed by atoms with Gasteiger partial charge in [0.25, 0.3) is 0 Å². The summed E-state index contributed by atoms with van der Waals surface area (Å²) in [5.41, 5.74) is 1.19. The molecule has 0 aromatic heterocycles. The number of carbonyl (C=O) groups excluding carboxylic acids is 2. The SMILES string of the molecule is CCOc1cc(/C=C2\N=C(c3ccc(Cl)cc3Cl)OC2=O)ccc1OC(=O)CC. The standard InChI is InChI=1S/C21H17Cl2NO5/c1-3-19(25)28-17-8-5-12(10-18(17)27-4-2)9-16-21(26)29-20(24-16)14-7-6-13(22)11-15(14)23/h5-11H,3-4H2,1-2H3/b16-9-. The quantitative estimate of drug-likeness (QED) is 0.361. The van der Waals surface area contributed by atoms with E-state index in [1.54, 1.807) is 49.4 Å². The van der Waals surface area contributed by atoms with Crippen LogP contribution in [0, 0.1) is 0 Å². The summed E-state index contributed by atoms with van der Waals surface area (Å²) in [6, 6.07) is 9.75. The third kappa shape index (κ3) is 4.96. The van der Waals surface area contributed by atoms with Crippen molar-refractivity contribution in [2.75, 3.05) is 6.61 Å². The van der Waals surface area contributed by atoms with Gasteiger partial charge in [0.05, 0.1) is 17.2 Å². The molecule has 1 aliphatic rings. The summed E-state index contributed by atoms with van der Waals surface area (Å²) in [4.78, 5) is 28.0. The molecule has 6 nitrogen and oxygen atoms in total. The molecule has 0 saturated heterocycles. The van der Waals surface area contributed by atoms with E-state index in [2.05, 4.69) is 4.99 Å². The predicted molar refractivity (Wildman–Crippen MR) is 111 cm³/mol. The highest BCUT2D eigenvalue weighted by molar-refractivity contribution is 6.37. The fourth-order valence-corrected chi connectivity index (χ4v) is 3.00. The van der Waals surface area contributed by atoms with E-state index >= 15 is 0 Å². The lowest BCUT2D eigenvalue weighted by molar-refractivity contribution is -0.134. The minimum absolute atomic E-state index is 0.0986. The average Bonchev–Trinajstić information content (AvgIpc) is 3.04. The van der Waals surface area contributed by atoms with E-state index in [0.29, 0.717) is 39.3 Å². The summed E-state index contributed by atoms with van der Waals surface area (Å²) in [5, 5.41) is 0.790. The van der Waals surface area contributed by atoms with Gasteiger partial charge in [-0.15, -0.1) is 0 Å². The molecule has 0 atom stereocenters. The highest BCUT2D eigenvalue weighted by atomic mass is 35.5. The third-order valence-electron chi connectivity index (χ3n) is 3.87. The van der Waals surface area contributed by atoms with Crippen LogP contribution in [0.25, 0.3) is 6.08 Å². The zero-order chi connectivity index (χ0) is 21.0. The van der Waals surface area contributed by atoms with Crippen LogP contribution >= 0.6 is 23.2 Å². The third-order valence-corrected chi connectivity index (χ3v) is 4.41. The molecule has 0 unspecified atom stereocenters. The minimum Gasteiger partial charge on any atom is -0.490 e. The molecule has 29 heavy (non-hydrogen) atoms. The van der Waals surface area contributed by atoms with Gasteiger partial charge in [0.2, 0.25) is 5.90 Å². The normalized spacial score (nSPS) is 14.6. The highest BCUT2D eigenvalue weighted by Gasteiger charge is 2.26. The zero-order valence-electron chi connectivity index (χ0n) is 15.7. The largest absolute Gasteiger partial charge is 0.490 e. The maximum atomic E-state index is 12.2. The van der Waals surface area contributed by atoms with Crippen molar-refractivity contribution in [1.82, 2.24) is 0 Å². The summed E-state index contributed by atoms with van der Waals surface area (Å²) < 4.78 is 16.0. The Bertz CT molecular complexity index is 1030. The smallest absolute Gasteiger partial charge is 0.363 e. The molecule has 2 aromatic rings. The lowest BCUT2D eigenvalue weighted by Crippen LogP contribution is -2.07. The Balaban J connectivity index is 1.92. The minimum atomic E-state index is -0.606. The van der Waals surface area contributed by atoms with Gasteiger partial charge in [0, 0.05) is 11.4 Å². The molecule has 0 fully saturated rings. The van der Waals surface area contributed by atoms with E-state index < -0.39 is 5.97 Å². The van der Waals surface area contributed by atoms with Gasteiger partial charge >= 0.3 is 11.9 Å². The van der Waals surface area contributed by atoms with Crippen LogP contribution in [0.4, 0.5) is 0 Å². The van der Waals surface area contributed by atoms with Crippen molar-refractivity contribution >= 4 is 47.1 Å². The lowest BCUT2D eigenvalue weighted by Gasteiger charge is -2.10. The maximum Gasteiger partial charge on any atom is 0.363 e. The molecule has 0 aliphatic carbocycles. The molecule has 0 saturated carbocycles. The van der Waals surface area contributed by atoms with Crippen LogP contribution in [0.1, 0.15) is 31.4 Å². The number of nitrogens with zero attached hydrogens (tertiary/aromatic N) is 1. The molecule has 1 heterocycles. The number of hydrogen-bond donors (Lipinski definition) is 0. The van der Waals surface area contributed by atoms with E-state index in [1.807, 2.05) is 6.92 Å². The number of aliphatic imine (C=N–C) groups is 1. The highest BCUT2D eigenvalue weighted by Crippen LogP contribution is 2.31. The predicted octanol–water partition coefficient (Wildman–Crippen LogP) is 5.05. The second-order valence-corrected chi connectivity index (χ2v) is 6.77. The summed E-state index contributed by atoms with van der Waals surface area (Å²) in [6.07, 6.45) is 1.79. The first-order valence-electron chi connectivity index (χ1n) is 8.86. The Labute approximate surface area is 177 Å². The van der Waals surface area contributed by atoms with E-state index in [-0.39, 0.29) is 24.0 Å². The van der Waals surface area contributed by atoms with Crippen molar-refractivity contribution in [1.29, 1.82) is 0 Å². The van der Waals surface area contributed by atoms with Crippen molar-refractivity contribution in [3.05, 3.63) is 63.3 Å². The van der Waals surface area contributed by atoms with E-state index in [0.717, 1.165) is 0 Å². The van der Waals surface area contributed by atoms with Gasteiger partial charge in [0.15, 0.2) is 17.2 Å². The Kier molecular flexibility index (Phi) is 6.56. The zero-order valence-corrected chi connectivity index (χ0v) is 17.2. The van der Waals surface area contributed by atoms with Crippen molar-refractivity contribution in [3.63, 3.8) is 0 Å². The summed E-state index contributed by atoms with van der Waals surface area (Å²) in [6.45, 7) is 3.91. The van der Waals surface area contributed by atoms with Gasteiger partial charge in [-0.1, -0.05) is 36.2 Å². The summed E-state index contributed by atoms with van der Waals surface area (Å²) >= 11 is 12.1. The molecule has 0 spiro atoms. The number of ether oxygens (including phenoxy) is 3. The second kappa shape index (κ2) is 9.11. The van der Waals surface area contributed by atoms with Crippen LogP contribution in [0.5, 0.6) is 11.5 Å². The van der Waals surface area contributed by atoms with Gasteiger partial charge in [-0.2, -0.15) is 0 Å². The lowest BCUT2D eigenvalue weighted by atomic mass is 10.1. The van der Waals surface area contributed by atoms with Crippen LogP contribution in [0.3, 0.4) is 0 Å². The molecular formula is C21H17Cl2NO5. The molecular weight excluding hydrogens is 417 g/mol. The van der Waals surface area contributed by atoms with Crippen LogP contribution in [-0.4, -0.2) is 24.4 Å². The van der Waals surface area contributed by atoms with Crippen LogP contribution in [-0.2, 0) is 14.3 Å². The number of carbonyl (C=O) groups is 2. The summed E-state index contributed by atoms with van der Waals surface area (Å²) in [5.74, 6) is -0.177. The first-order chi connectivity index (χ1) is 13.9. The molecule has 8 heteroatoms. The van der Waals surface area contributed by atoms with Crippen LogP contribution in [0.15, 0.2) is 47.1 Å². The van der Waals surface area contributed by atoms with Crippen LogP contribution in [0.2, 0.25) is 10.0 Å². The van der Waals surface area contributed by atoms with E-state index in [4.69, 9.17) is 37.4 Å². The van der Waals surface area contributed by atoms with Crippen molar-refractivity contribution < 1.29 is 23.8 Å². The Hall–Kier alpha value is -2.83. The van der Waals surface area contributed by atoms with Gasteiger partial charge in [0.1, 0.15) is 0 Å².